The molecule has 296 valence electrons. The summed E-state index contributed by atoms with van der Waals surface area (Å²) in [6.45, 7) is 21.5. The molecule has 4 aliphatic rings. The van der Waals surface area contributed by atoms with Crippen molar-refractivity contribution in [3.63, 3.8) is 0 Å². The molecule has 5 rings (SSSR count). The normalized spacial score (nSPS) is 29.2. The van der Waals surface area contributed by atoms with Crippen LogP contribution in [0.1, 0.15) is 94.6 Å². The summed E-state index contributed by atoms with van der Waals surface area (Å²) < 4.78 is 73.7. The lowest BCUT2D eigenvalue weighted by molar-refractivity contribution is -0.372. The first kappa shape index (κ1) is 42.4. The maximum absolute atomic E-state index is 14.6. The molecule has 4 heterocycles. The van der Waals surface area contributed by atoms with Crippen molar-refractivity contribution in [1.82, 2.24) is 0 Å². The zero-order valence-corrected chi connectivity index (χ0v) is 33.5. The highest BCUT2D eigenvalue weighted by atomic mass is 32.2. The molecule has 14 nitrogen and oxygen atoms in total. The van der Waals surface area contributed by atoms with E-state index in [9.17, 15) is 27.6 Å². The van der Waals surface area contributed by atoms with E-state index >= 15 is 0 Å². The molecule has 0 saturated carbocycles. The summed E-state index contributed by atoms with van der Waals surface area (Å²) in [4.78, 5) is 55.6. The summed E-state index contributed by atoms with van der Waals surface area (Å²) in [5.74, 6) is -11.3. The SMILES string of the molecule is C=C(CC[C@@]12O[C@@]3(C(=O)OC(C)(C)C)O[C@@H]1[C@@H](OS(C)(=O)=O)[C@@](C(=O)OC(C)(C)C)(O2)[C@H]3C(=O)OC(C)(C)C)[C@@H](OC(C)=O)[C@H](C)Cc1ccccc1. The standard InChI is InChI=1S/C38H54O14S/c1-22(26(45-24(3)39)23(2)21-25-17-15-14-16-18-25)19-20-36-28-29(50-53(13,43)44)37(51-36,31(41)48-34(7,8)9)27(30(40)47-33(4,5)6)38(46-28,52-36)32(42)49-35(10,11)12/h14-18,23,26-29H,1,19-21H2,2-13H3/t23-,26-,27-,28-,29-,36-,37+,38+/m1/s1. The average Bonchev–Trinajstić information content (AvgIpc) is 3.34. The fourth-order valence-corrected chi connectivity index (χ4v) is 7.60. The van der Waals surface area contributed by atoms with Crippen LogP contribution in [-0.2, 0) is 73.1 Å². The molecule has 0 aromatic heterocycles. The third-order valence-corrected chi connectivity index (χ3v) is 9.19. The van der Waals surface area contributed by atoms with Crippen molar-refractivity contribution in [2.45, 2.75) is 148 Å². The number of rotatable bonds is 13. The molecule has 4 fully saturated rings. The first-order valence-corrected chi connectivity index (χ1v) is 19.4. The largest absolute Gasteiger partial charge is 0.459 e. The fraction of sp³-hybridized carbons (Fsp3) is 0.684. The highest BCUT2D eigenvalue weighted by molar-refractivity contribution is 7.86. The van der Waals surface area contributed by atoms with Crippen molar-refractivity contribution in [3.8, 4) is 0 Å². The van der Waals surface area contributed by atoms with E-state index in [4.69, 9.17) is 37.3 Å². The lowest BCUT2D eigenvalue weighted by Crippen LogP contribution is -2.74. The number of hydrogen-bond donors (Lipinski definition) is 0. The van der Waals surface area contributed by atoms with Gasteiger partial charge in [0.15, 0.2) is 5.92 Å². The van der Waals surface area contributed by atoms with Crippen LogP contribution in [0.15, 0.2) is 42.5 Å². The van der Waals surface area contributed by atoms with Crippen LogP contribution in [-0.4, -0.2) is 90.8 Å². The highest BCUT2D eigenvalue weighted by Gasteiger charge is 2.90. The molecule has 0 aliphatic carbocycles. The topological polar surface area (TPSA) is 176 Å². The minimum absolute atomic E-state index is 0.00552. The van der Waals surface area contributed by atoms with Gasteiger partial charge in [-0.1, -0.05) is 43.8 Å². The third kappa shape index (κ3) is 9.13. The van der Waals surface area contributed by atoms with Gasteiger partial charge in [0.05, 0.1) is 6.26 Å². The molecule has 4 aliphatic heterocycles. The van der Waals surface area contributed by atoms with Crippen LogP contribution in [0.25, 0.3) is 0 Å². The Bertz CT molecular complexity index is 1700. The molecule has 0 N–H and O–H groups in total. The Morgan fingerprint density at radius 2 is 1.42 bits per heavy atom. The van der Waals surface area contributed by atoms with E-state index in [0.717, 1.165) is 11.8 Å². The van der Waals surface area contributed by atoms with Crippen molar-refractivity contribution >= 4 is 34.0 Å². The third-order valence-electron chi connectivity index (χ3n) is 8.64. The van der Waals surface area contributed by atoms with E-state index in [2.05, 4.69) is 6.58 Å². The quantitative estimate of drug-likeness (QED) is 0.117. The Labute approximate surface area is 312 Å². The Morgan fingerprint density at radius 3 is 1.92 bits per heavy atom. The molecule has 0 spiro atoms. The first-order chi connectivity index (χ1) is 24.0. The summed E-state index contributed by atoms with van der Waals surface area (Å²) in [7, 11) is -4.42. The minimum Gasteiger partial charge on any atom is -0.459 e. The van der Waals surface area contributed by atoms with Crippen molar-refractivity contribution < 1.29 is 64.9 Å². The Morgan fingerprint density at radius 1 is 0.868 bits per heavy atom. The number of ether oxygens (including phenoxy) is 7. The van der Waals surface area contributed by atoms with Crippen LogP contribution in [0.4, 0.5) is 0 Å². The maximum atomic E-state index is 14.6. The van der Waals surface area contributed by atoms with Crippen LogP contribution in [0.3, 0.4) is 0 Å². The number of benzene rings is 1. The van der Waals surface area contributed by atoms with Gasteiger partial charge >= 0.3 is 23.9 Å². The molecular weight excluding hydrogens is 712 g/mol. The molecule has 4 bridgehead atoms. The molecule has 8 atom stereocenters. The lowest BCUT2D eigenvalue weighted by Gasteiger charge is -2.50. The second-order valence-electron chi connectivity index (χ2n) is 17.1. The van der Waals surface area contributed by atoms with E-state index in [1.54, 1.807) is 62.3 Å². The Balaban J connectivity index is 1.87. The number of esters is 4. The Hall–Kier alpha value is -3.37. The first-order valence-electron chi connectivity index (χ1n) is 17.6. The van der Waals surface area contributed by atoms with Gasteiger partial charge in [-0.05, 0) is 86.3 Å². The molecule has 53 heavy (non-hydrogen) atoms. The molecule has 1 aromatic rings. The van der Waals surface area contributed by atoms with E-state index in [-0.39, 0.29) is 18.8 Å². The van der Waals surface area contributed by atoms with Gasteiger partial charge in [0.25, 0.3) is 15.9 Å². The van der Waals surface area contributed by atoms with Gasteiger partial charge in [0.1, 0.15) is 35.1 Å². The predicted molar refractivity (Wildman–Crippen MR) is 189 cm³/mol. The lowest BCUT2D eigenvalue weighted by atomic mass is 9.74. The summed E-state index contributed by atoms with van der Waals surface area (Å²) >= 11 is 0. The Kier molecular flexibility index (Phi) is 11.5. The number of carbonyl (C=O) groups is 4. The van der Waals surface area contributed by atoms with Gasteiger partial charge in [-0.3, -0.25) is 13.8 Å². The van der Waals surface area contributed by atoms with Crippen LogP contribution >= 0.6 is 0 Å². The van der Waals surface area contributed by atoms with E-state index in [1.165, 1.54) is 6.92 Å². The fourth-order valence-electron chi connectivity index (χ4n) is 6.98. The summed E-state index contributed by atoms with van der Waals surface area (Å²) in [6.07, 6.45) is -3.26. The second-order valence-corrected chi connectivity index (χ2v) is 18.7. The van der Waals surface area contributed by atoms with Gasteiger partial charge in [-0.2, -0.15) is 8.42 Å². The van der Waals surface area contributed by atoms with Crippen molar-refractivity contribution in [2.24, 2.45) is 11.8 Å². The van der Waals surface area contributed by atoms with Crippen molar-refractivity contribution in [3.05, 3.63) is 48.0 Å². The maximum Gasteiger partial charge on any atom is 0.368 e. The monoisotopic (exact) mass is 766 g/mol. The molecular formula is C38H54O14S. The zero-order valence-electron chi connectivity index (χ0n) is 32.7. The van der Waals surface area contributed by atoms with Gasteiger partial charge < -0.3 is 33.2 Å². The molecule has 0 unspecified atom stereocenters. The summed E-state index contributed by atoms with van der Waals surface area (Å²) in [6, 6.07) is 9.59. The van der Waals surface area contributed by atoms with Crippen LogP contribution in [0.2, 0.25) is 0 Å². The van der Waals surface area contributed by atoms with Crippen molar-refractivity contribution in [1.29, 1.82) is 0 Å². The second kappa shape index (κ2) is 14.4. The van der Waals surface area contributed by atoms with E-state index in [1.807, 2.05) is 37.3 Å². The average molecular weight is 767 g/mol. The van der Waals surface area contributed by atoms with Crippen LogP contribution in [0, 0.1) is 11.8 Å². The van der Waals surface area contributed by atoms with Gasteiger partial charge in [0.2, 0.25) is 11.4 Å². The van der Waals surface area contributed by atoms with E-state index in [0.29, 0.717) is 12.0 Å². The zero-order chi connectivity index (χ0) is 40.2. The van der Waals surface area contributed by atoms with Crippen molar-refractivity contribution in [2.75, 3.05) is 6.26 Å². The van der Waals surface area contributed by atoms with Gasteiger partial charge in [-0.15, -0.1) is 0 Å². The van der Waals surface area contributed by atoms with E-state index < -0.39 is 92.2 Å². The molecule has 0 amide bonds. The molecule has 1 aromatic carbocycles. The van der Waals surface area contributed by atoms with Gasteiger partial charge in [-0.25, -0.2) is 9.59 Å². The van der Waals surface area contributed by atoms with Crippen LogP contribution < -0.4 is 0 Å². The number of carbonyl (C=O) groups excluding carboxylic acids is 4. The predicted octanol–water partition coefficient (Wildman–Crippen LogP) is 4.71. The van der Waals surface area contributed by atoms with Gasteiger partial charge in [0, 0.05) is 19.3 Å². The highest BCUT2D eigenvalue weighted by Crippen LogP contribution is 2.65. The molecule has 15 heteroatoms. The molecule has 0 radical (unpaired) electrons. The summed E-state index contributed by atoms with van der Waals surface area (Å²) in [5, 5.41) is 0. The molecule has 4 saturated heterocycles. The minimum atomic E-state index is -4.42. The number of hydrogen-bond acceptors (Lipinski definition) is 14. The van der Waals surface area contributed by atoms with Crippen LogP contribution in [0.5, 0.6) is 0 Å². The smallest absolute Gasteiger partial charge is 0.368 e. The summed E-state index contributed by atoms with van der Waals surface area (Å²) in [5.41, 5.74) is -4.76.